The summed E-state index contributed by atoms with van der Waals surface area (Å²) < 4.78 is 4.89. The van der Waals surface area contributed by atoms with Crippen molar-refractivity contribution < 1.29 is 0 Å². The van der Waals surface area contributed by atoms with E-state index in [4.69, 9.17) is 0 Å². The molecule has 0 fully saturated rings. The van der Waals surface area contributed by atoms with Crippen molar-refractivity contribution in [2.24, 2.45) is 0 Å². The Morgan fingerprint density at radius 2 is 0.704 bits per heavy atom. The molecule has 0 N–H and O–H groups in total. The van der Waals surface area contributed by atoms with Crippen molar-refractivity contribution >= 4 is 82.2 Å². The van der Waals surface area contributed by atoms with Crippen LogP contribution in [-0.2, 0) is 0 Å². The van der Waals surface area contributed by atoms with E-state index in [2.05, 4.69) is 287 Å². The van der Waals surface area contributed by atoms with Gasteiger partial charge in [-0.05, 0) is 129 Å². The number of nitrogens with zero attached hydrogens (tertiary/aromatic N) is 3. The van der Waals surface area contributed by atoms with Crippen LogP contribution in [0.5, 0.6) is 0 Å². The van der Waals surface area contributed by atoms with Crippen LogP contribution in [0.2, 0.25) is 0 Å². The number of hydrogen-bond acceptors (Lipinski definition) is 1. The van der Waals surface area contributed by atoms with E-state index in [0.29, 0.717) is 0 Å². The zero-order chi connectivity index (χ0) is 46.8. The second-order valence-corrected chi connectivity index (χ2v) is 18.5. The molecule has 0 spiro atoms. The van der Waals surface area contributed by atoms with Crippen molar-refractivity contribution in [1.29, 1.82) is 0 Å². The van der Waals surface area contributed by atoms with Crippen LogP contribution in [-0.4, -0.2) is 9.13 Å². The molecule has 0 atom stereocenters. The fourth-order valence-electron chi connectivity index (χ4n) is 11.1. The first-order chi connectivity index (χ1) is 35.2. The summed E-state index contributed by atoms with van der Waals surface area (Å²) in [5.74, 6) is 0. The summed E-state index contributed by atoms with van der Waals surface area (Å²) in [7, 11) is 0. The van der Waals surface area contributed by atoms with Gasteiger partial charge in [0.15, 0.2) is 0 Å². The van der Waals surface area contributed by atoms with E-state index in [1.807, 2.05) is 0 Å². The molecule has 0 saturated carbocycles. The van der Waals surface area contributed by atoms with Gasteiger partial charge < -0.3 is 14.0 Å². The van der Waals surface area contributed by atoms with Crippen LogP contribution in [0.3, 0.4) is 0 Å². The van der Waals surface area contributed by atoms with Crippen molar-refractivity contribution in [3.63, 3.8) is 0 Å². The number of fused-ring (bicyclic) bond motifs is 8. The van der Waals surface area contributed by atoms with Gasteiger partial charge in [0.25, 0.3) is 0 Å². The molecule has 14 rings (SSSR count). The third kappa shape index (κ3) is 6.82. The molecule has 2 aromatic heterocycles. The summed E-state index contributed by atoms with van der Waals surface area (Å²) in [5.41, 5.74) is 17.1. The zero-order valence-electron chi connectivity index (χ0n) is 38.8. The number of benzene rings is 12. The molecule has 332 valence electrons. The van der Waals surface area contributed by atoms with Gasteiger partial charge in [0.05, 0.1) is 27.8 Å². The highest BCUT2D eigenvalue weighted by Gasteiger charge is 2.25. The van der Waals surface area contributed by atoms with Crippen LogP contribution in [0.1, 0.15) is 0 Å². The topological polar surface area (TPSA) is 13.1 Å². The second-order valence-electron chi connectivity index (χ2n) is 18.5. The Labute approximate surface area is 412 Å². The molecule has 2 heterocycles. The first-order valence-electron chi connectivity index (χ1n) is 24.4. The molecule has 0 aliphatic rings. The Morgan fingerprint density at radius 1 is 0.254 bits per heavy atom. The van der Waals surface area contributed by atoms with Crippen LogP contribution in [0.25, 0.3) is 110 Å². The molecule has 0 unspecified atom stereocenters. The molecular weight excluding hydrogens is 859 g/mol. The molecule has 3 nitrogen and oxygen atoms in total. The van der Waals surface area contributed by atoms with Crippen molar-refractivity contribution in [3.8, 4) is 44.8 Å². The first-order valence-corrected chi connectivity index (χ1v) is 24.4. The largest absolute Gasteiger partial charge is 0.310 e. The van der Waals surface area contributed by atoms with Gasteiger partial charge in [-0.1, -0.05) is 188 Å². The van der Waals surface area contributed by atoms with Crippen LogP contribution >= 0.6 is 0 Å². The van der Waals surface area contributed by atoms with Crippen molar-refractivity contribution in [2.75, 3.05) is 4.90 Å². The second kappa shape index (κ2) is 16.7. The lowest BCUT2D eigenvalue weighted by Crippen LogP contribution is -2.12. The summed E-state index contributed by atoms with van der Waals surface area (Å²) in [4.78, 5) is 2.48. The molecule has 14 aromatic rings. The van der Waals surface area contributed by atoms with Gasteiger partial charge in [-0.25, -0.2) is 0 Å². The highest BCUT2D eigenvalue weighted by Crippen LogP contribution is 2.49. The molecule has 0 aliphatic heterocycles. The van der Waals surface area contributed by atoms with E-state index in [0.717, 1.165) is 45.1 Å². The van der Waals surface area contributed by atoms with Crippen LogP contribution in [0.4, 0.5) is 17.1 Å². The van der Waals surface area contributed by atoms with Crippen molar-refractivity contribution in [2.45, 2.75) is 0 Å². The fourth-order valence-corrected chi connectivity index (χ4v) is 11.1. The molecule has 0 amide bonds. The molecule has 0 saturated heterocycles. The van der Waals surface area contributed by atoms with Crippen molar-refractivity contribution in [3.05, 3.63) is 273 Å². The lowest BCUT2D eigenvalue weighted by Gasteiger charge is -2.29. The first kappa shape index (κ1) is 40.6. The number of rotatable bonds is 8. The third-order valence-electron chi connectivity index (χ3n) is 14.5. The predicted octanol–water partition coefficient (Wildman–Crippen LogP) is 18.7. The van der Waals surface area contributed by atoms with Crippen LogP contribution in [0, 0.1) is 0 Å². The van der Waals surface area contributed by atoms with Gasteiger partial charge in [0.1, 0.15) is 0 Å². The zero-order valence-corrected chi connectivity index (χ0v) is 38.8. The molecule has 0 radical (unpaired) electrons. The van der Waals surface area contributed by atoms with Gasteiger partial charge in [-0.15, -0.1) is 0 Å². The predicted molar refractivity (Wildman–Crippen MR) is 301 cm³/mol. The maximum Gasteiger partial charge on any atom is 0.0620 e. The molecule has 12 aromatic carbocycles. The minimum absolute atomic E-state index is 1.06. The Balaban J connectivity index is 1.06. The highest BCUT2D eigenvalue weighted by molar-refractivity contribution is 6.18. The molecular formula is C68H45N3. The monoisotopic (exact) mass is 903 g/mol. The van der Waals surface area contributed by atoms with E-state index in [9.17, 15) is 0 Å². The standard InChI is InChI=1S/C68H45N3/c1-3-20-54(21-4-1)70-64-28-13-12-25-59(64)62-44-63(61-27-15-26-60-58-24-11-14-29-65(58)71(68(60)61)55-22-5-2-6-23-55)66(45-67(62)70)69(56-38-34-48(35-39-56)52-32-30-46-16-7-9-18-50(46)42-52)57-40-36-49(37-41-57)53-33-31-47-17-8-10-19-51(47)43-53/h1-45H. The van der Waals surface area contributed by atoms with E-state index in [1.165, 1.54) is 81.9 Å². The Morgan fingerprint density at radius 3 is 1.28 bits per heavy atom. The number of aromatic nitrogens is 2. The number of hydrogen-bond donors (Lipinski definition) is 0. The summed E-state index contributed by atoms with van der Waals surface area (Å²) in [6.07, 6.45) is 0. The minimum atomic E-state index is 1.06. The number of para-hydroxylation sites is 5. The third-order valence-corrected chi connectivity index (χ3v) is 14.5. The fraction of sp³-hybridized carbons (Fsp3) is 0. The van der Waals surface area contributed by atoms with Gasteiger partial charge in [-0.2, -0.15) is 0 Å². The van der Waals surface area contributed by atoms with E-state index < -0.39 is 0 Å². The van der Waals surface area contributed by atoms with E-state index >= 15 is 0 Å². The Kier molecular flexibility index (Phi) is 9.53. The van der Waals surface area contributed by atoms with Gasteiger partial charge >= 0.3 is 0 Å². The highest BCUT2D eigenvalue weighted by atomic mass is 15.1. The number of anilines is 3. The summed E-state index contributed by atoms with van der Waals surface area (Å²) >= 11 is 0. The van der Waals surface area contributed by atoms with Crippen molar-refractivity contribution in [1.82, 2.24) is 9.13 Å². The quantitative estimate of drug-likeness (QED) is 0.148. The molecule has 0 aliphatic carbocycles. The summed E-state index contributed by atoms with van der Waals surface area (Å²) in [6, 6.07) is 100. The maximum atomic E-state index is 2.48. The Hall–Kier alpha value is -9.44. The summed E-state index contributed by atoms with van der Waals surface area (Å²) in [5, 5.41) is 9.79. The average molecular weight is 904 g/mol. The Bertz CT molecular complexity index is 4190. The van der Waals surface area contributed by atoms with E-state index in [1.54, 1.807) is 0 Å². The molecule has 0 bridgehead atoms. The maximum absolute atomic E-state index is 2.48. The lowest BCUT2D eigenvalue weighted by atomic mass is 9.96. The van der Waals surface area contributed by atoms with Crippen LogP contribution < -0.4 is 4.90 Å². The normalized spacial score (nSPS) is 11.7. The van der Waals surface area contributed by atoms with Crippen LogP contribution in [0.15, 0.2) is 273 Å². The SMILES string of the molecule is c1ccc(-n2c3ccccc3c3cc(-c4cccc5c6ccccc6n(-c6ccccc6)c45)c(N(c4ccc(-c5ccc6ccccc6c5)cc4)c4ccc(-c5ccc6ccccc6c5)cc4)cc32)cc1. The summed E-state index contributed by atoms with van der Waals surface area (Å²) in [6.45, 7) is 0. The lowest BCUT2D eigenvalue weighted by molar-refractivity contribution is 1.17. The van der Waals surface area contributed by atoms with E-state index in [-0.39, 0.29) is 0 Å². The average Bonchev–Trinajstić information content (AvgIpc) is 3.96. The smallest absolute Gasteiger partial charge is 0.0620 e. The van der Waals surface area contributed by atoms with Gasteiger partial charge in [0.2, 0.25) is 0 Å². The molecule has 71 heavy (non-hydrogen) atoms. The van der Waals surface area contributed by atoms with Gasteiger partial charge in [-0.3, -0.25) is 0 Å². The minimum Gasteiger partial charge on any atom is -0.310 e. The van der Waals surface area contributed by atoms with Gasteiger partial charge in [0, 0.05) is 55.4 Å². The molecule has 3 heteroatoms.